The van der Waals surface area contributed by atoms with Crippen molar-refractivity contribution in [2.75, 3.05) is 13.2 Å². The zero-order valence-corrected chi connectivity index (χ0v) is 18.4. The van der Waals surface area contributed by atoms with Crippen LogP contribution in [0.1, 0.15) is 28.8 Å². The Kier molecular flexibility index (Phi) is 7.10. The summed E-state index contributed by atoms with van der Waals surface area (Å²) in [6.45, 7) is 6.42. The van der Waals surface area contributed by atoms with Gasteiger partial charge in [0.05, 0.1) is 23.0 Å². The predicted octanol–water partition coefficient (Wildman–Crippen LogP) is 3.24. The number of aryl methyl sites for hydroxylation is 2. The number of fused-ring (bicyclic) bond motifs is 1. The lowest BCUT2D eigenvalue weighted by molar-refractivity contribution is -0.131. The number of rotatable bonds is 8. The van der Waals surface area contributed by atoms with Gasteiger partial charge in [-0.2, -0.15) is 0 Å². The lowest BCUT2D eigenvalue weighted by atomic mass is 10.2. The van der Waals surface area contributed by atoms with Gasteiger partial charge in [-0.05, 0) is 31.9 Å². The second-order valence-corrected chi connectivity index (χ2v) is 9.43. The molecule has 0 aliphatic carbocycles. The van der Waals surface area contributed by atoms with E-state index in [1.165, 1.54) is 23.1 Å². The van der Waals surface area contributed by atoms with Crippen LogP contribution in [0.15, 0.2) is 35.1 Å². The van der Waals surface area contributed by atoms with Crippen LogP contribution in [0.4, 0.5) is 0 Å². The monoisotopic (exact) mass is 431 g/mol. The van der Waals surface area contributed by atoms with E-state index in [0.29, 0.717) is 23.5 Å². The van der Waals surface area contributed by atoms with Crippen LogP contribution < -0.4 is 5.56 Å². The van der Waals surface area contributed by atoms with E-state index in [4.69, 9.17) is 0 Å². The zero-order chi connectivity index (χ0) is 21.0. The fraction of sp³-hybridized carbons (Fsp3) is 0.381. The molecule has 1 aromatic carbocycles. The third-order valence-electron chi connectivity index (χ3n) is 4.80. The Bertz CT molecular complexity index is 1050. The highest BCUT2D eigenvalue weighted by Gasteiger charge is 2.21. The van der Waals surface area contributed by atoms with Gasteiger partial charge < -0.3 is 15.0 Å². The number of hydrogen-bond acceptors (Lipinski definition) is 6. The largest absolute Gasteiger partial charge is 0.395 e. The predicted molar refractivity (Wildman–Crippen MR) is 119 cm³/mol. The zero-order valence-electron chi connectivity index (χ0n) is 16.8. The summed E-state index contributed by atoms with van der Waals surface area (Å²) in [6.07, 6.45) is 0. The van der Waals surface area contributed by atoms with E-state index in [2.05, 4.69) is 9.97 Å². The number of aromatic nitrogens is 2. The number of H-pyrrole nitrogens is 1. The van der Waals surface area contributed by atoms with Crippen LogP contribution in [0.5, 0.6) is 0 Å². The van der Waals surface area contributed by atoms with Crippen LogP contribution in [-0.2, 0) is 17.1 Å². The molecule has 0 fully saturated rings. The number of aliphatic hydroxyl groups is 1. The molecule has 2 aromatic heterocycles. The maximum atomic E-state index is 12.9. The van der Waals surface area contributed by atoms with Crippen molar-refractivity contribution in [2.24, 2.45) is 0 Å². The van der Waals surface area contributed by atoms with E-state index in [0.717, 1.165) is 20.8 Å². The molecule has 3 rings (SSSR count). The quantitative estimate of drug-likeness (QED) is 0.572. The van der Waals surface area contributed by atoms with Gasteiger partial charge in [-0.25, -0.2) is 4.98 Å². The Balaban J connectivity index is 1.68. The van der Waals surface area contributed by atoms with Crippen molar-refractivity contribution in [2.45, 2.75) is 38.3 Å². The molecular weight excluding hydrogens is 406 g/mol. The topological polar surface area (TPSA) is 86.3 Å². The number of carbonyl (C=O) groups excluding carboxylic acids is 1. The first-order chi connectivity index (χ1) is 13.9. The number of nitrogens with zero attached hydrogens (tertiary/aromatic N) is 2. The second-order valence-electron chi connectivity index (χ2n) is 6.90. The van der Waals surface area contributed by atoms with Gasteiger partial charge in [0.15, 0.2) is 0 Å². The van der Waals surface area contributed by atoms with Crippen molar-refractivity contribution in [1.29, 1.82) is 0 Å². The normalized spacial score (nSPS) is 12.3. The van der Waals surface area contributed by atoms with Crippen LogP contribution in [0.2, 0.25) is 0 Å². The molecule has 2 heterocycles. The molecule has 0 radical (unpaired) electrons. The van der Waals surface area contributed by atoms with Gasteiger partial charge >= 0.3 is 0 Å². The smallest absolute Gasteiger partial charge is 0.259 e. The maximum Gasteiger partial charge on any atom is 0.259 e. The number of nitrogens with one attached hydrogen (secondary N) is 1. The third kappa shape index (κ3) is 5.07. The first-order valence-electron chi connectivity index (χ1n) is 9.44. The molecule has 3 aromatic rings. The SMILES string of the molecule is Cc1sc2nc(CS[C@H](C)C(=O)N(CCO)Cc3ccccc3)[nH]c(=O)c2c1C. The van der Waals surface area contributed by atoms with Gasteiger partial charge in [0.25, 0.3) is 5.56 Å². The summed E-state index contributed by atoms with van der Waals surface area (Å²) >= 11 is 2.95. The molecule has 0 aliphatic heterocycles. The molecule has 2 N–H and O–H groups in total. The van der Waals surface area contributed by atoms with Gasteiger partial charge in [-0.3, -0.25) is 9.59 Å². The fourth-order valence-corrected chi connectivity index (χ4v) is 4.98. The molecule has 1 amide bonds. The molecule has 0 unspecified atom stereocenters. The highest BCUT2D eigenvalue weighted by Crippen LogP contribution is 2.26. The van der Waals surface area contributed by atoms with Gasteiger partial charge in [-0.15, -0.1) is 23.1 Å². The van der Waals surface area contributed by atoms with E-state index in [9.17, 15) is 14.7 Å². The summed E-state index contributed by atoms with van der Waals surface area (Å²) in [4.78, 5) is 36.2. The van der Waals surface area contributed by atoms with Crippen molar-refractivity contribution in [3.63, 3.8) is 0 Å². The molecule has 154 valence electrons. The van der Waals surface area contributed by atoms with E-state index >= 15 is 0 Å². The number of hydrogen-bond donors (Lipinski definition) is 2. The summed E-state index contributed by atoms with van der Waals surface area (Å²) in [6, 6.07) is 9.72. The first-order valence-corrected chi connectivity index (χ1v) is 11.3. The molecule has 1 atom stereocenters. The van der Waals surface area contributed by atoms with Crippen molar-refractivity contribution >= 4 is 39.2 Å². The van der Waals surface area contributed by atoms with Crippen molar-refractivity contribution < 1.29 is 9.90 Å². The minimum Gasteiger partial charge on any atom is -0.395 e. The number of benzene rings is 1. The van der Waals surface area contributed by atoms with E-state index in [1.807, 2.05) is 51.1 Å². The van der Waals surface area contributed by atoms with Crippen LogP contribution in [0.25, 0.3) is 10.2 Å². The van der Waals surface area contributed by atoms with Crippen molar-refractivity contribution in [3.8, 4) is 0 Å². The van der Waals surface area contributed by atoms with Gasteiger partial charge in [0.1, 0.15) is 10.7 Å². The molecule has 0 bridgehead atoms. The maximum absolute atomic E-state index is 12.9. The number of aromatic amines is 1. The minimum absolute atomic E-state index is 0.0425. The number of amides is 1. The Hall–Kier alpha value is -2.16. The van der Waals surface area contributed by atoms with Crippen LogP contribution >= 0.6 is 23.1 Å². The number of thioether (sulfide) groups is 1. The average Bonchev–Trinajstić information content (AvgIpc) is 3.00. The minimum atomic E-state index is -0.321. The van der Waals surface area contributed by atoms with Crippen LogP contribution in [0, 0.1) is 13.8 Å². The average molecular weight is 432 g/mol. The molecular formula is C21H25N3O3S2. The van der Waals surface area contributed by atoms with E-state index in [1.54, 1.807) is 4.90 Å². The second kappa shape index (κ2) is 9.56. The van der Waals surface area contributed by atoms with Gasteiger partial charge in [0.2, 0.25) is 5.91 Å². The molecule has 0 aliphatic rings. The molecule has 0 spiro atoms. The lowest BCUT2D eigenvalue weighted by Crippen LogP contribution is -2.38. The summed E-state index contributed by atoms with van der Waals surface area (Å²) in [5, 5.41) is 9.69. The Labute approximate surface area is 178 Å². The Morgan fingerprint density at radius 3 is 2.72 bits per heavy atom. The molecule has 0 saturated carbocycles. The highest BCUT2D eigenvalue weighted by atomic mass is 32.2. The summed E-state index contributed by atoms with van der Waals surface area (Å²) < 4.78 is 0. The molecule has 6 nitrogen and oxygen atoms in total. The number of carbonyl (C=O) groups is 1. The molecule has 0 saturated heterocycles. The van der Waals surface area contributed by atoms with Crippen molar-refractivity contribution in [1.82, 2.24) is 14.9 Å². The highest BCUT2D eigenvalue weighted by molar-refractivity contribution is 7.99. The lowest BCUT2D eigenvalue weighted by Gasteiger charge is -2.25. The van der Waals surface area contributed by atoms with E-state index < -0.39 is 0 Å². The van der Waals surface area contributed by atoms with E-state index in [-0.39, 0.29) is 29.9 Å². The van der Waals surface area contributed by atoms with Gasteiger partial charge in [0, 0.05) is 18.0 Å². The fourth-order valence-electron chi connectivity index (χ4n) is 3.09. The summed E-state index contributed by atoms with van der Waals surface area (Å²) in [7, 11) is 0. The molecule has 8 heteroatoms. The Morgan fingerprint density at radius 2 is 2.03 bits per heavy atom. The number of thiophene rings is 1. The van der Waals surface area contributed by atoms with Crippen molar-refractivity contribution in [3.05, 3.63) is 62.5 Å². The summed E-state index contributed by atoms with van der Waals surface area (Å²) in [5.41, 5.74) is 1.87. The Morgan fingerprint density at radius 1 is 1.31 bits per heavy atom. The summed E-state index contributed by atoms with van der Waals surface area (Å²) in [5.74, 6) is 0.969. The van der Waals surface area contributed by atoms with Crippen LogP contribution in [-0.4, -0.2) is 44.3 Å². The van der Waals surface area contributed by atoms with Crippen LogP contribution in [0.3, 0.4) is 0 Å². The molecule has 29 heavy (non-hydrogen) atoms. The first kappa shape index (κ1) is 21.5. The number of aliphatic hydroxyl groups excluding tert-OH is 1. The third-order valence-corrected chi connectivity index (χ3v) is 7.05. The standard InChI is InChI=1S/C21H25N3O3S2/c1-13-14(2)29-20-18(13)19(26)22-17(23-20)12-28-15(3)21(27)24(9-10-25)11-16-7-5-4-6-8-16/h4-8,15,25H,9-12H2,1-3H3,(H,22,23,26)/t15-/m1/s1. The van der Waals surface area contributed by atoms with Gasteiger partial charge in [-0.1, -0.05) is 30.3 Å².